The van der Waals surface area contributed by atoms with Crippen molar-refractivity contribution in [2.45, 2.75) is 147 Å². The van der Waals surface area contributed by atoms with Crippen LogP contribution in [0.25, 0.3) is 0 Å². The Hall–Kier alpha value is -6.56. The summed E-state index contributed by atoms with van der Waals surface area (Å²) in [4.78, 5) is 153. The number of rotatable bonds is 8. The van der Waals surface area contributed by atoms with Gasteiger partial charge in [0.25, 0.3) is 0 Å². The second-order valence-electron chi connectivity index (χ2n) is 16.9. The topological polar surface area (TPSA) is 375 Å². The number of hydrogen-bond donors (Lipinski definition) is 11. The van der Waals surface area contributed by atoms with Crippen LogP contribution in [-0.4, -0.2) is 166 Å². The van der Waals surface area contributed by atoms with E-state index in [0.29, 0.717) is 12.8 Å². The number of carbonyl (C=O) groups is 11. The second-order valence-corrected chi connectivity index (χ2v) is 16.9. The molecule has 3 aliphatic rings. The number of nitrogens with two attached hydrogens (primary N) is 2. The van der Waals surface area contributed by atoms with Crippen molar-refractivity contribution >= 4 is 71.0 Å². The molecule has 362 valence electrons. The number of nitrogens with one attached hydrogen (secondary N) is 8. The van der Waals surface area contributed by atoms with E-state index >= 15 is 0 Å². The number of amides is 10. The van der Waals surface area contributed by atoms with Crippen LogP contribution in [0.15, 0.2) is 4.99 Å². The zero-order valence-electron chi connectivity index (χ0n) is 37.7. The van der Waals surface area contributed by atoms with Gasteiger partial charge in [0.15, 0.2) is 5.96 Å². The molecule has 13 N–H and O–H groups in total. The maximum absolute atomic E-state index is 14.2. The SMILES string of the molecule is CC(C)C[C@@H]1NC(=O)[C@H](CC(=O)O)NC(=O)CNC(=O)[C@H](CCCN=C(N)N)NC(=O)[C@H](C)NC(=O)[C@H](C)NC(=O)[C@H](C)NC(=O)[C@H](C)NC(=O)[C@@H]2CCCN2C(=O)[C@H]2CCCN2C1=O. The van der Waals surface area contributed by atoms with Crippen molar-refractivity contribution in [1.29, 1.82) is 0 Å². The van der Waals surface area contributed by atoms with Gasteiger partial charge in [0.1, 0.15) is 54.4 Å². The number of fused-ring (bicyclic) bond motifs is 2. The number of nitrogens with zero attached hydrogens (tertiary/aromatic N) is 3. The van der Waals surface area contributed by atoms with E-state index in [9.17, 15) is 57.8 Å². The van der Waals surface area contributed by atoms with E-state index in [0.717, 1.165) is 0 Å². The zero-order chi connectivity index (χ0) is 48.7. The Balaban J connectivity index is 1.95. The van der Waals surface area contributed by atoms with Gasteiger partial charge in [-0.2, -0.15) is 0 Å². The highest BCUT2D eigenvalue weighted by molar-refractivity contribution is 5.99. The average Bonchev–Trinajstić information content (AvgIpc) is 3.93. The Kier molecular flexibility index (Phi) is 19.9. The molecule has 10 amide bonds. The average molecular weight is 920 g/mol. The minimum atomic E-state index is -1.72. The van der Waals surface area contributed by atoms with Crippen molar-refractivity contribution < 1.29 is 57.8 Å². The van der Waals surface area contributed by atoms with Crippen molar-refractivity contribution in [3.05, 3.63) is 0 Å². The molecule has 65 heavy (non-hydrogen) atoms. The Morgan fingerprint density at radius 2 is 1.11 bits per heavy atom. The molecular formula is C40H65N13O12. The quantitative estimate of drug-likeness (QED) is 0.0618. The number of carboxylic acids is 1. The lowest BCUT2D eigenvalue weighted by atomic mass is 10.0. The summed E-state index contributed by atoms with van der Waals surface area (Å²) < 4.78 is 0. The molecule has 0 aromatic rings. The van der Waals surface area contributed by atoms with Gasteiger partial charge in [0, 0.05) is 19.6 Å². The Labute approximate surface area is 376 Å². The molecule has 9 atom stereocenters. The van der Waals surface area contributed by atoms with Crippen LogP contribution in [0, 0.1) is 5.92 Å². The van der Waals surface area contributed by atoms with Gasteiger partial charge in [0.05, 0.1) is 13.0 Å². The summed E-state index contributed by atoms with van der Waals surface area (Å²) in [6.07, 6.45) is 0.639. The molecule has 3 heterocycles. The first-order valence-electron chi connectivity index (χ1n) is 21.8. The lowest BCUT2D eigenvalue weighted by Gasteiger charge is -2.34. The molecule has 0 aromatic heterocycles. The van der Waals surface area contributed by atoms with Crippen molar-refractivity contribution in [3.8, 4) is 0 Å². The fourth-order valence-electron chi connectivity index (χ4n) is 7.52. The maximum atomic E-state index is 14.2. The summed E-state index contributed by atoms with van der Waals surface area (Å²) >= 11 is 0. The van der Waals surface area contributed by atoms with E-state index < -0.39 is 132 Å². The monoisotopic (exact) mass is 919 g/mol. The number of aliphatic carboxylic acids is 1. The predicted molar refractivity (Wildman–Crippen MR) is 230 cm³/mol. The minimum Gasteiger partial charge on any atom is -0.481 e. The number of aliphatic imine (C=N–C) groups is 1. The van der Waals surface area contributed by atoms with Gasteiger partial charge in [0.2, 0.25) is 59.1 Å². The molecular weight excluding hydrogens is 855 g/mol. The van der Waals surface area contributed by atoms with Crippen molar-refractivity contribution in [2.75, 3.05) is 26.2 Å². The van der Waals surface area contributed by atoms with Crippen molar-refractivity contribution in [3.63, 3.8) is 0 Å². The fourth-order valence-corrected chi connectivity index (χ4v) is 7.52. The fraction of sp³-hybridized carbons (Fsp3) is 0.700. The first kappa shape index (κ1) is 52.8. The number of hydrogen-bond acceptors (Lipinski definition) is 12. The third-order valence-corrected chi connectivity index (χ3v) is 11.0. The van der Waals surface area contributed by atoms with Crippen LogP contribution in [0.4, 0.5) is 0 Å². The predicted octanol–water partition coefficient (Wildman–Crippen LogP) is -4.85. The molecule has 3 fully saturated rings. The van der Waals surface area contributed by atoms with E-state index in [1.165, 1.54) is 37.5 Å². The van der Waals surface area contributed by atoms with Gasteiger partial charge in [-0.1, -0.05) is 13.8 Å². The summed E-state index contributed by atoms with van der Waals surface area (Å²) in [6.45, 7) is 8.53. The molecule has 3 saturated heterocycles. The van der Waals surface area contributed by atoms with Gasteiger partial charge in [-0.15, -0.1) is 0 Å². The summed E-state index contributed by atoms with van der Waals surface area (Å²) in [5.74, 6) is -9.71. The lowest BCUT2D eigenvalue weighted by molar-refractivity contribution is -0.148. The largest absolute Gasteiger partial charge is 0.481 e. The highest BCUT2D eigenvalue weighted by Gasteiger charge is 2.44. The van der Waals surface area contributed by atoms with Crippen LogP contribution in [0.2, 0.25) is 0 Å². The van der Waals surface area contributed by atoms with Gasteiger partial charge >= 0.3 is 5.97 Å². The third-order valence-electron chi connectivity index (χ3n) is 11.0. The second kappa shape index (κ2) is 24.5. The van der Waals surface area contributed by atoms with Crippen LogP contribution < -0.4 is 54.0 Å². The summed E-state index contributed by atoms with van der Waals surface area (Å²) in [7, 11) is 0. The van der Waals surface area contributed by atoms with Crippen LogP contribution >= 0.6 is 0 Å². The van der Waals surface area contributed by atoms with Gasteiger partial charge in [-0.25, -0.2) is 0 Å². The molecule has 25 heteroatoms. The Morgan fingerprint density at radius 1 is 0.631 bits per heavy atom. The summed E-state index contributed by atoms with van der Waals surface area (Å²) in [5.41, 5.74) is 10.8. The summed E-state index contributed by atoms with van der Waals surface area (Å²) in [6, 6.07) is -11.2. The molecule has 3 aliphatic heterocycles. The van der Waals surface area contributed by atoms with E-state index in [2.05, 4.69) is 47.5 Å². The highest BCUT2D eigenvalue weighted by atomic mass is 16.4. The number of carboxylic acid groups (broad SMARTS) is 1. The molecule has 3 rings (SSSR count). The Bertz CT molecular complexity index is 1860. The first-order valence-corrected chi connectivity index (χ1v) is 21.8. The zero-order valence-corrected chi connectivity index (χ0v) is 37.7. The normalized spacial score (nSPS) is 28.9. The molecule has 0 unspecified atom stereocenters. The van der Waals surface area contributed by atoms with E-state index in [1.54, 1.807) is 13.8 Å². The van der Waals surface area contributed by atoms with E-state index in [1.807, 2.05) is 0 Å². The van der Waals surface area contributed by atoms with Gasteiger partial charge < -0.3 is 68.9 Å². The summed E-state index contributed by atoms with van der Waals surface area (Å²) in [5, 5.41) is 29.3. The molecule has 0 spiro atoms. The molecule has 25 nitrogen and oxygen atoms in total. The third kappa shape index (κ3) is 15.9. The molecule has 0 radical (unpaired) electrons. The van der Waals surface area contributed by atoms with Crippen LogP contribution in [0.5, 0.6) is 0 Å². The maximum Gasteiger partial charge on any atom is 0.305 e. The number of guanidine groups is 1. The van der Waals surface area contributed by atoms with Crippen LogP contribution in [0.3, 0.4) is 0 Å². The first-order chi connectivity index (χ1) is 30.5. The van der Waals surface area contributed by atoms with Gasteiger partial charge in [-0.05, 0) is 78.6 Å². The molecule has 0 bridgehead atoms. The van der Waals surface area contributed by atoms with E-state index in [4.69, 9.17) is 11.5 Å². The highest BCUT2D eigenvalue weighted by Crippen LogP contribution is 2.26. The molecule has 0 saturated carbocycles. The molecule has 0 aromatic carbocycles. The van der Waals surface area contributed by atoms with E-state index in [-0.39, 0.29) is 63.6 Å². The number of carbonyl (C=O) groups excluding carboxylic acids is 10. The van der Waals surface area contributed by atoms with Gasteiger partial charge in [-0.3, -0.25) is 57.7 Å². The van der Waals surface area contributed by atoms with Crippen molar-refractivity contribution in [1.82, 2.24) is 52.3 Å². The molecule has 0 aliphatic carbocycles. The van der Waals surface area contributed by atoms with Crippen LogP contribution in [0.1, 0.15) is 92.9 Å². The van der Waals surface area contributed by atoms with Crippen LogP contribution in [-0.2, 0) is 52.7 Å². The standard InChI is InChI=1S/C40H65N13O12/c1-19(2)16-26-38(64)53-15-9-12-28(53)39(65)52-14-8-11-27(52)37(63)48-22(5)33(59)46-20(3)31(57)45-21(4)32(58)47-23(6)34(60)50-24(10-7-13-43-40(41)42)35(61)44-18-29(54)49-25(17-30(55)56)36(62)51-26/h19-28H,7-18H2,1-6H3,(H,44,61)(H,45,57)(H,46,59)(H,47,58)(H,48,63)(H,49,54)(H,50,60)(H,51,62)(H,55,56)(H4,41,42,43)/t20-,21-,22-,23-,24-,25-,26-,27-,28+/m0/s1. The Morgan fingerprint density at radius 3 is 1.62 bits per heavy atom. The van der Waals surface area contributed by atoms with Crippen molar-refractivity contribution in [2.24, 2.45) is 22.4 Å². The smallest absolute Gasteiger partial charge is 0.305 e. The lowest BCUT2D eigenvalue weighted by Crippen LogP contribution is -2.59. The minimum absolute atomic E-state index is 0.0539.